The molecule has 0 unspecified atom stereocenters. The highest BCUT2D eigenvalue weighted by atomic mass is 19.4. The minimum Gasteiger partial charge on any atom is -0.359 e. The smallest absolute Gasteiger partial charge is 0.359 e. The van der Waals surface area contributed by atoms with Crippen LogP contribution in [-0.2, 0) is 18.4 Å². The molecule has 2 aromatic rings. The maximum absolute atomic E-state index is 13.2. The van der Waals surface area contributed by atoms with Crippen molar-refractivity contribution in [2.75, 3.05) is 0 Å². The van der Waals surface area contributed by atoms with Gasteiger partial charge in [-0.3, -0.25) is 0 Å². The first kappa shape index (κ1) is 14.9. The van der Waals surface area contributed by atoms with Crippen LogP contribution in [0.1, 0.15) is 31.4 Å². The molecule has 0 spiro atoms. The van der Waals surface area contributed by atoms with Crippen LogP contribution >= 0.6 is 0 Å². The third kappa shape index (κ3) is 2.27. The van der Waals surface area contributed by atoms with E-state index in [0.29, 0.717) is 12.8 Å². The Hall–Kier alpha value is -1.97. The van der Waals surface area contributed by atoms with Crippen LogP contribution in [0.5, 0.6) is 0 Å². The number of rotatable bonds is 3. The van der Waals surface area contributed by atoms with Crippen molar-refractivity contribution in [1.29, 1.82) is 0 Å². The van der Waals surface area contributed by atoms with Crippen molar-refractivity contribution in [2.45, 2.75) is 44.1 Å². The van der Waals surface area contributed by atoms with Crippen molar-refractivity contribution in [3.05, 3.63) is 22.5 Å². The number of fused-ring (bicyclic) bond motifs is 1. The predicted molar refractivity (Wildman–Crippen MR) is 68.1 cm³/mol. The van der Waals surface area contributed by atoms with E-state index < -0.39 is 17.5 Å². The molecule has 0 atom stereocenters. The number of halogens is 3. The zero-order valence-corrected chi connectivity index (χ0v) is 11.8. The molecule has 1 aliphatic carbocycles. The predicted octanol–water partition coefficient (Wildman–Crippen LogP) is 1.21. The normalized spacial score (nSPS) is 18.2. The van der Waals surface area contributed by atoms with Crippen LogP contribution in [0.15, 0.2) is 11.1 Å². The Labute approximate surface area is 122 Å². The lowest BCUT2D eigenvalue weighted by atomic mass is 10.0. The van der Waals surface area contributed by atoms with Crippen LogP contribution in [0, 0.1) is 0 Å². The van der Waals surface area contributed by atoms with Crippen LogP contribution in [0.2, 0.25) is 0 Å². The number of hydrogen-bond donors (Lipinski definition) is 0. The molecule has 7 nitrogen and oxygen atoms in total. The molecule has 1 fully saturated rings. The zero-order valence-electron chi connectivity index (χ0n) is 11.8. The van der Waals surface area contributed by atoms with Crippen LogP contribution in [0.25, 0.3) is 5.65 Å². The molecule has 1 aliphatic rings. The summed E-state index contributed by atoms with van der Waals surface area (Å²) in [6.45, 7) is -0.363. The molecule has 2 heterocycles. The number of hydrogen-bond acceptors (Lipinski definition) is 5. The minimum absolute atomic E-state index is 0.0598. The average molecular weight is 317 g/mol. The third-order valence-electron chi connectivity index (χ3n) is 3.98. The van der Waals surface area contributed by atoms with Gasteiger partial charge in [0.25, 0.3) is 0 Å². The number of nitrogens with zero attached hydrogens (tertiary/aromatic N) is 5. The molecule has 0 aliphatic heterocycles. The van der Waals surface area contributed by atoms with Gasteiger partial charge in [0.15, 0.2) is 11.2 Å². The first-order chi connectivity index (χ1) is 10.3. The maximum Gasteiger partial charge on any atom is 0.417 e. The van der Waals surface area contributed by atoms with E-state index in [4.69, 9.17) is 4.74 Å². The lowest BCUT2D eigenvalue weighted by Gasteiger charge is -2.31. The summed E-state index contributed by atoms with van der Waals surface area (Å²) in [4.78, 5) is 15.7. The summed E-state index contributed by atoms with van der Waals surface area (Å²) >= 11 is 0. The van der Waals surface area contributed by atoms with Crippen molar-refractivity contribution in [2.24, 2.45) is 7.05 Å². The van der Waals surface area contributed by atoms with Gasteiger partial charge in [0.1, 0.15) is 12.0 Å². The summed E-state index contributed by atoms with van der Waals surface area (Å²) in [5, 5.41) is 7.38. The summed E-state index contributed by atoms with van der Waals surface area (Å²) < 4.78 is 47.1. The van der Waals surface area contributed by atoms with Crippen LogP contribution in [-0.4, -0.2) is 36.2 Å². The number of ether oxygens (including phenoxy) is 1. The summed E-state index contributed by atoms with van der Waals surface area (Å²) in [5.41, 5.74) is -2.33. The van der Waals surface area contributed by atoms with E-state index >= 15 is 0 Å². The molecule has 0 bridgehead atoms. The lowest BCUT2D eigenvalue weighted by molar-refractivity contribution is -0.279. The SMILES string of the molecule is Cn1nnc2c(COC3(C(F)(F)F)CCCC3)ncn2c1=O. The van der Waals surface area contributed by atoms with Crippen molar-refractivity contribution in [3.8, 4) is 0 Å². The molecular formula is C12H14F3N5O2. The second kappa shape index (κ2) is 5.04. The van der Waals surface area contributed by atoms with E-state index in [1.54, 1.807) is 0 Å². The fraction of sp³-hybridized carbons (Fsp3) is 0.667. The summed E-state index contributed by atoms with van der Waals surface area (Å²) in [6.07, 6.45) is -2.39. The molecule has 22 heavy (non-hydrogen) atoms. The van der Waals surface area contributed by atoms with Crippen molar-refractivity contribution >= 4 is 5.65 Å². The second-order valence-corrected chi connectivity index (χ2v) is 5.37. The molecule has 0 N–H and O–H groups in total. The molecule has 120 valence electrons. The van der Waals surface area contributed by atoms with Crippen LogP contribution < -0.4 is 5.69 Å². The molecule has 0 saturated heterocycles. The maximum atomic E-state index is 13.2. The Balaban J connectivity index is 1.88. The van der Waals surface area contributed by atoms with E-state index in [1.165, 1.54) is 13.4 Å². The Morgan fingerprint density at radius 2 is 2.05 bits per heavy atom. The van der Waals surface area contributed by atoms with E-state index in [9.17, 15) is 18.0 Å². The van der Waals surface area contributed by atoms with Gasteiger partial charge in [-0.25, -0.2) is 14.2 Å². The van der Waals surface area contributed by atoms with E-state index in [1.807, 2.05) is 0 Å². The van der Waals surface area contributed by atoms with Gasteiger partial charge in [-0.15, -0.1) is 5.10 Å². The van der Waals surface area contributed by atoms with Crippen molar-refractivity contribution in [1.82, 2.24) is 24.4 Å². The quantitative estimate of drug-likeness (QED) is 0.851. The first-order valence-corrected chi connectivity index (χ1v) is 6.81. The second-order valence-electron chi connectivity index (χ2n) is 5.37. The van der Waals surface area contributed by atoms with Gasteiger partial charge in [-0.05, 0) is 12.8 Å². The molecule has 1 saturated carbocycles. The average Bonchev–Trinajstić information content (AvgIpc) is 3.07. The van der Waals surface area contributed by atoms with E-state index in [0.717, 1.165) is 9.08 Å². The molecule has 2 aromatic heterocycles. The minimum atomic E-state index is -4.43. The Kier molecular flexibility index (Phi) is 3.42. The van der Waals surface area contributed by atoms with Gasteiger partial charge in [-0.1, -0.05) is 18.1 Å². The van der Waals surface area contributed by atoms with Gasteiger partial charge in [0.05, 0.1) is 6.61 Å². The van der Waals surface area contributed by atoms with Gasteiger partial charge in [0.2, 0.25) is 0 Å². The third-order valence-corrected chi connectivity index (χ3v) is 3.98. The molecular weight excluding hydrogens is 303 g/mol. The Morgan fingerprint density at radius 3 is 2.68 bits per heavy atom. The topological polar surface area (TPSA) is 74.3 Å². The van der Waals surface area contributed by atoms with Crippen molar-refractivity contribution < 1.29 is 17.9 Å². The summed E-state index contributed by atoms with van der Waals surface area (Å²) in [6, 6.07) is 0. The lowest BCUT2D eigenvalue weighted by Crippen LogP contribution is -2.45. The number of alkyl halides is 3. The highest BCUT2D eigenvalue weighted by molar-refractivity contribution is 5.41. The van der Waals surface area contributed by atoms with Crippen molar-refractivity contribution in [3.63, 3.8) is 0 Å². The van der Waals surface area contributed by atoms with Crippen LogP contribution in [0.3, 0.4) is 0 Å². The molecule has 0 aromatic carbocycles. The number of imidazole rings is 1. The first-order valence-electron chi connectivity index (χ1n) is 6.81. The van der Waals surface area contributed by atoms with Gasteiger partial charge >= 0.3 is 11.9 Å². The summed E-state index contributed by atoms with van der Waals surface area (Å²) in [5.74, 6) is 0. The Morgan fingerprint density at radius 1 is 1.36 bits per heavy atom. The highest BCUT2D eigenvalue weighted by Gasteiger charge is 2.57. The molecule has 3 rings (SSSR count). The number of aryl methyl sites for hydroxylation is 1. The van der Waals surface area contributed by atoms with E-state index in [-0.39, 0.29) is 30.8 Å². The van der Waals surface area contributed by atoms with Crippen LogP contribution in [0.4, 0.5) is 13.2 Å². The van der Waals surface area contributed by atoms with Gasteiger partial charge < -0.3 is 4.74 Å². The monoisotopic (exact) mass is 317 g/mol. The highest BCUT2D eigenvalue weighted by Crippen LogP contribution is 2.46. The standard InChI is InChI=1S/C12H14F3N5O2/c1-19-10(21)20-7-16-8(9(20)17-18-19)6-22-11(12(13,14)15)4-2-3-5-11/h7H,2-6H2,1H3. The zero-order chi connectivity index (χ0) is 16.0. The van der Waals surface area contributed by atoms with Gasteiger partial charge in [-0.2, -0.15) is 17.9 Å². The fourth-order valence-electron chi connectivity index (χ4n) is 2.69. The molecule has 10 heteroatoms. The fourth-order valence-corrected chi connectivity index (χ4v) is 2.69. The summed E-state index contributed by atoms with van der Waals surface area (Å²) in [7, 11) is 1.42. The Bertz CT molecular complexity index is 745. The van der Waals surface area contributed by atoms with Gasteiger partial charge in [0, 0.05) is 7.05 Å². The molecule has 0 radical (unpaired) electrons. The number of aromatic nitrogens is 5. The van der Waals surface area contributed by atoms with E-state index in [2.05, 4.69) is 15.3 Å². The molecule has 0 amide bonds. The largest absolute Gasteiger partial charge is 0.417 e.